The fourth-order valence-corrected chi connectivity index (χ4v) is 2.36. The van der Waals surface area contributed by atoms with Gasteiger partial charge in [0.15, 0.2) is 0 Å². The smallest absolute Gasteiger partial charge is 0.406 e. The maximum atomic E-state index is 12.4. The van der Waals surface area contributed by atoms with Crippen LogP contribution in [0.4, 0.5) is 13.2 Å². The number of hydrogen-bond donors (Lipinski definition) is 0. The lowest BCUT2D eigenvalue weighted by molar-refractivity contribution is -0.274. The van der Waals surface area contributed by atoms with Gasteiger partial charge in [-0.2, -0.15) is 0 Å². The first kappa shape index (κ1) is 18.9. The predicted molar refractivity (Wildman–Crippen MR) is 84.2 cm³/mol. The fraction of sp³-hybridized carbons (Fsp3) is 0.667. The number of alkyl halides is 3. The van der Waals surface area contributed by atoms with Gasteiger partial charge in [-0.05, 0) is 46.9 Å². The van der Waals surface area contributed by atoms with Crippen molar-refractivity contribution in [1.29, 1.82) is 0 Å². The van der Waals surface area contributed by atoms with E-state index in [0.29, 0.717) is 0 Å². The lowest BCUT2D eigenvalue weighted by atomic mass is 9.79. The summed E-state index contributed by atoms with van der Waals surface area (Å²) in [5, 5.41) is 0. The Labute approximate surface area is 131 Å². The van der Waals surface area contributed by atoms with Gasteiger partial charge >= 0.3 is 6.36 Å². The molecule has 1 aromatic rings. The zero-order chi connectivity index (χ0) is 17.2. The Kier molecular flexibility index (Phi) is 5.58. The van der Waals surface area contributed by atoms with E-state index < -0.39 is 6.36 Å². The summed E-state index contributed by atoms with van der Waals surface area (Å²) in [6.07, 6.45) is -1.93. The molecule has 126 valence electrons. The van der Waals surface area contributed by atoms with Crippen LogP contribution < -0.4 is 4.74 Å². The molecule has 0 amide bonds. The third-order valence-corrected chi connectivity index (χ3v) is 4.15. The highest BCUT2D eigenvalue weighted by Crippen LogP contribution is 2.34. The maximum absolute atomic E-state index is 12.4. The minimum atomic E-state index is -4.65. The van der Waals surface area contributed by atoms with Gasteiger partial charge in [-0.25, -0.2) is 0 Å². The molecule has 0 heterocycles. The zero-order valence-electron chi connectivity index (χ0n) is 14.4. The normalized spacial score (nSPS) is 13.3. The first-order valence-corrected chi connectivity index (χ1v) is 7.73. The van der Waals surface area contributed by atoms with Gasteiger partial charge in [-0.3, -0.25) is 0 Å². The van der Waals surface area contributed by atoms with Crippen LogP contribution in [0, 0.1) is 5.41 Å². The lowest BCUT2D eigenvalue weighted by Gasteiger charge is -2.27. The Morgan fingerprint density at radius 2 is 1.59 bits per heavy atom. The van der Waals surface area contributed by atoms with Gasteiger partial charge < -0.3 is 4.74 Å². The molecule has 0 aliphatic rings. The molecule has 0 radical (unpaired) electrons. The molecule has 1 nitrogen and oxygen atoms in total. The third-order valence-electron chi connectivity index (χ3n) is 4.15. The molecule has 0 bridgehead atoms. The van der Waals surface area contributed by atoms with Crippen LogP contribution >= 0.6 is 0 Å². The van der Waals surface area contributed by atoms with Gasteiger partial charge in [0.05, 0.1) is 0 Å². The average Bonchev–Trinajstić information content (AvgIpc) is 2.33. The Hall–Kier alpha value is -1.19. The monoisotopic (exact) mass is 316 g/mol. The summed E-state index contributed by atoms with van der Waals surface area (Å²) in [7, 11) is 0. The quantitative estimate of drug-likeness (QED) is 0.623. The second kappa shape index (κ2) is 6.51. The molecule has 0 aliphatic carbocycles. The second-order valence-electron chi connectivity index (χ2n) is 7.63. The minimum Gasteiger partial charge on any atom is -0.406 e. The van der Waals surface area contributed by atoms with Gasteiger partial charge in [-0.15, -0.1) is 13.2 Å². The number of rotatable bonds is 5. The fourth-order valence-electron chi connectivity index (χ4n) is 2.36. The van der Waals surface area contributed by atoms with Crippen LogP contribution in [0.15, 0.2) is 18.2 Å². The third kappa shape index (κ3) is 5.90. The van der Waals surface area contributed by atoms with Gasteiger partial charge in [0.1, 0.15) is 5.75 Å². The van der Waals surface area contributed by atoms with Crippen molar-refractivity contribution >= 4 is 0 Å². The molecule has 0 atom stereocenters. The van der Waals surface area contributed by atoms with Gasteiger partial charge in [0, 0.05) is 0 Å². The molecular formula is C18H27F3O. The van der Waals surface area contributed by atoms with Crippen molar-refractivity contribution in [3.05, 3.63) is 29.3 Å². The van der Waals surface area contributed by atoms with E-state index >= 15 is 0 Å². The van der Waals surface area contributed by atoms with Gasteiger partial charge in [-0.1, -0.05) is 54.0 Å². The zero-order valence-corrected chi connectivity index (χ0v) is 14.4. The van der Waals surface area contributed by atoms with Crippen molar-refractivity contribution in [2.75, 3.05) is 0 Å². The number of halogens is 3. The van der Waals surface area contributed by atoms with Crippen LogP contribution in [0.25, 0.3) is 0 Å². The highest BCUT2D eigenvalue weighted by molar-refractivity contribution is 5.39. The summed E-state index contributed by atoms with van der Waals surface area (Å²) in [6, 6.07) is 4.71. The largest absolute Gasteiger partial charge is 0.573 e. The van der Waals surface area contributed by atoms with E-state index in [1.165, 1.54) is 6.07 Å². The van der Waals surface area contributed by atoms with E-state index in [0.717, 1.165) is 30.4 Å². The van der Waals surface area contributed by atoms with Crippen molar-refractivity contribution in [2.24, 2.45) is 5.41 Å². The standard InChI is InChI=1S/C18H27F3O/c1-7-17(5,6)11-10-13-12-14(22-18(19,20)21)8-9-15(13)16(2,3)4/h8-9,12H,7,10-11H2,1-6H3. The van der Waals surface area contributed by atoms with Crippen molar-refractivity contribution in [1.82, 2.24) is 0 Å². The molecule has 1 rings (SSSR count). The summed E-state index contributed by atoms with van der Waals surface area (Å²) in [6.45, 7) is 12.7. The van der Waals surface area contributed by atoms with E-state index in [9.17, 15) is 13.2 Å². The molecule has 0 aliphatic heterocycles. The summed E-state index contributed by atoms with van der Waals surface area (Å²) in [4.78, 5) is 0. The summed E-state index contributed by atoms with van der Waals surface area (Å²) < 4.78 is 41.3. The van der Waals surface area contributed by atoms with E-state index in [-0.39, 0.29) is 16.6 Å². The van der Waals surface area contributed by atoms with Crippen molar-refractivity contribution < 1.29 is 17.9 Å². The van der Waals surface area contributed by atoms with Crippen LogP contribution in [-0.2, 0) is 11.8 Å². The second-order valence-corrected chi connectivity index (χ2v) is 7.63. The van der Waals surface area contributed by atoms with Crippen LogP contribution in [0.3, 0.4) is 0 Å². The van der Waals surface area contributed by atoms with E-state index in [2.05, 4.69) is 46.3 Å². The Morgan fingerprint density at radius 1 is 1.00 bits per heavy atom. The average molecular weight is 316 g/mol. The molecule has 4 heteroatoms. The topological polar surface area (TPSA) is 9.23 Å². The van der Waals surface area contributed by atoms with Crippen LogP contribution in [0.2, 0.25) is 0 Å². The maximum Gasteiger partial charge on any atom is 0.573 e. The number of benzene rings is 1. The summed E-state index contributed by atoms with van der Waals surface area (Å²) in [5.41, 5.74) is 2.09. The SMILES string of the molecule is CCC(C)(C)CCc1cc(OC(F)(F)F)ccc1C(C)(C)C. The summed E-state index contributed by atoms with van der Waals surface area (Å²) >= 11 is 0. The summed E-state index contributed by atoms with van der Waals surface area (Å²) in [5.74, 6) is -0.134. The first-order chi connectivity index (χ1) is 9.84. The van der Waals surface area contributed by atoms with Crippen molar-refractivity contribution in [2.45, 2.75) is 72.6 Å². The van der Waals surface area contributed by atoms with E-state index in [4.69, 9.17) is 0 Å². The van der Waals surface area contributed by atoms with E-state index in [1.807, 2.05) is 0 Å². The van der Waals surface area contributed by atoms with Crippen LogP contribution in [-0.4, -0.2) is 6.36 Å². The van der Waals surface area contributed by atoms with Crippen molar-refractivity contribution in [3.63, 3.8) is 0 Å². The molecule has 0 fully saturated rings. The molecule has 0 unspecified atom stereocenters. The first-order valence-electron chi connectivity index (χ1n) is 7.73. The lowest BCUT2D eigenvalue weighted by Crippen LogP contribution is -2.19. The number of aryl methyl sites for hydroxylation is 1. The van der Waals surface area contributed by atoms with Crippen LogP contribution in [0.5, 0.6) is 5.75 Å². The Morgan fingerprint density at radius 3 is 2.05 bits per heavy atom. The highest BCUT2D eigenvalue weighted by Gasteiger charge is 2.31. The van der Waals surface area contributed by atoms with Gasteiger partial charge in [0.2, 0.25) is 0 Å². The molecule has 0 N–H and O–H groups in total. The van der Waals surface area contributed by atoms with E-state index in [1.54, 1.807) is 12.1 Å². The minimum absolute atomic E-state index is 0.109. The molecule has 0 saturated heterocycles. The molecule has 0 spiro atoms. The van der Waals surface area contributed by atoms with Gasteiger partial charge in [0.25, 0.3) is 0 Å². The molecule has 0 aromatic heterocycles. The molecule has 1 aromatic carbocycles. The predicted octanol–water partition coefficient (Wildman–Crippen LogP) is 6.25. The molecule has 0 saturated carbocycles. The Balaban J connectivity index is 3.10. The Bertz CT molecular complexity index is 496. The number of hydrogen-bond acceptors (Lipinski definition) is 1. The van der Waals surface area contributed by atoms with Crippen molar-refractivity contribution in [3.8, 4) is 5.75 Å². The molecular weight excluding hydrogens is 289 g/mol. The number of ether oxygens (including phenoxy) is 1. The molecule has 22 heavy (non-hydrogen) atoms. The van der Waals surface area contributed by atoms with Crippen LogP contribution in [0.1, 0.15) is 65.5 Å². The highest BCUT2D eigenvalue weighted by atomic mass is 19.4.